The molecular weight excluding hydrogens is 236 g/mol. The zero-order chi connectivity index (χ0) is 13.1. The molecular formula is C16H28N2O. The molecule has 3 fully saturated rings. The Balaban J connectivity index is 1.43. The van der Waals surface area contributed by atoms with Gasteiger partial charge in [-0.1, -0.05) is 19.3 Å². The van der Waals surface area contributed by atoms with Gasteiger partial charge in [0.1, 0.15) is 5.78 Å². The Morgan fingerprint density at radius 3 is 2.26 bits per heavy atom. The first-order chi connectivity index (χ1) is 9.33. The summed E-state index contributed by atoms with van der Waals surface area (Å²) in [7, 11) is 0. The molecule has 3 nitrogen and oxygen atoms in total. The van der Waals surface area contributed by atoms with Gasteiger partial charge in [-0.05, 0) is 25.7 Å². The molecule has 0 aromatic rings. The van der Waals surface area contributed by atoms with E-state index in [1.54, 1.807) is 0 Å². The molecule has 19 heavy (non-hydrogen) atoms. The highest BCUT2D eigenvalue weighted by molar-refractivity contribution is 5.81. The van der Waals surface area contributed by atoms with E-state index in [9.17, 15) is 4.79 Å². The third-order valence-electron chi connectivity index (χ3n) is 5.41. The highest BCUT2D eigenvalue weighted by Crippen LogP contribution is 2.25. The minimum atomic E-state index is 0.354. The minimum Gasteiger partial charge on any atom is -0.300 e. The van der Waals surface area contributed by atoms with E-state index >= 15 is 0 Å². The van der Waals surface area contributed by atoms with Crippen LogP contribution in [0.5, 0.6) is 0 Å². The van der Waals surface area contributed by atoms with Crippen LogP contribution in [0.4, 0.5) is 0 Å². The van der Waals surface area contributed by atoms with Crippen molar-refractivity contribution in [2.45, 2.75) is 57.4 Å². The molecule has 1 unspecified atom stereocenters. The monoisotopic (exact) mass is 264 g/mol. The largest absolute Gasteiger partial charge is 0.300 e. The Bertz CT molecular complexity index is 304. The van der Waals surface area contributed by atoms with Crippen LogP contribution in [0.3, 0.4) is 0 Å². The molecule has 0 spiro atoms. The quantitative estimate of drug-likeness (QED) is 0.781. The van der Waals surface area contributed by atoms with Crippen molar-refractivity contribution in [2.75, 3.05) is 32.7 Å². The summed E-state index contributed by atoms with van der Waals surface area (Å²) in [5, 5.41) is 0. The lowest BCUT2D eigenvalue weighted by Crippen LogP contribution is -2.51. The molecule has 3 aliphatic rings. The molecule has 1 saturated heterocycles. The van der Waals surface area contributed by atoms with Gasteiger partial charge in [-0.25, -0.2) is 0 Å². The molecule has 0 aromatic carbocycles. The van der Waals surface area contributed by atoms with Crippen molar-refractivity contribution in [1.82, 2.24) is 9.80 Å². The van der Waals surface area contributed by atoms with Crippen LogP contribution in [0.25, 0.3) is 0 Å². The lowest BCUT2D eigenvalue weighted by Gasteiger charge is -2.39. The summed E-state index contributed by atoms with van der Waals surface area (Å²) in [5.41, 5.74) is 0. The predicted octanol–water partition coefficient (Wildman–Crippen LogP) is 2.31. The molecule has 1 heterocycles. The third-order valence-corrected chi connectivity index (χ3v) is 5.41. The average Bonchev–Trinajstić information content (AvgIpc) is 2.96. The van der Waals surface area contributed by atoms with Crippen LogP contribution in [0.15, 0.2) is 0 Å². The Morgan fingerprint density at radius 1 is 0.895 bits per heavy atom. The normalized spacial score (nSPS) is 32.0. The molecule has 0 aromatic heterocycles. The minimum absolute atomic E-state index is 0.354. The molecule has 0 amide bonds. The zero-order valence-corrected chi connectivity index (χ0v) is 12.1. The maximum absolute atomic E-state index is 11.9. The van der Waals surface area contributed by atoms with E-state index in [4.69, 9.17) is 0 Å². The van der Waals surface area contributed by atoms with E-state index in [0.29, 0.717) is 11.7 Å². The van der Waals surface area contributed by atoms with Gasteiger partial charge >= 0.3 is 0 Å². The smallest absolute Gasteiger partial charge is 0.137 e. The number of hydrogen-bond acceptors (Lipinski definition) is 3. The molecule has 0 N–H and O–H groups in total. The fourth-order valence-electron chi connectivity index (χ4n) is 4.14. The van der Waals surface area contributed by atoms with Gasteiger partial charge in [0.05, 0.1) is 0 Å². The van der Waals surface area contributed by atoms with Crippen molar-refractivity contribution >= 4 is 5.78 Å². The van der Waals surface area contributed by atoms with Gasteiger partial charge in [-0.15, -0.1) is 0 Å². The fourth-order valence-corrected chi connectivity index (χ4v) is 4.14. The third kappa shape index (κ3) is 3.38. The van der Waals surface area contributed by atoms with Gasteiger partial charge in [-0.2, -0.15) is 0 Å². The van der Waals surface area contributed by atoms with Crippen molar-refractivity contribution in [3.05, 3.63) is 0 Å². The first kappa shape index (κ1) is 13.6. The number of rotatable bonds is 3. The summed E-state index contributed by atoms with van der Waals surface area (Å²) in [6.07, 6.45) is 10.1. The SMILES string of the molecule is O=C1CCCCC1CN1CCN(C2CCCC2)CC1. The average molecular weight is 264 g/mol. The Hall–Kier alpha value is -0.410. The molecule has 2 aliphatic carbocycles. The van der Waals surface area contributed by atoms with Gasteiger partial charge in [0.2, 0.25) is 0 Å². The highest BCUT2D eigenvalue weighted by Gasteiger charge is 2.29. The second kappa shape index (κ2) is 6.36. The van der Waals surface area contributed by atoms with E-state index in [2.05, 4.69) is 9.80 Å². The Kier molecular flexibility index (Phi) is 4.54. The van der Waals surface area contributed by atoms with E-state index in [1.807, 2.05) is 0 Å². The summed E-state index contributed by atoms with van der Waals surface area (Å²) < 4.78 is 0. The maximum atomic E-state index is 11.9. The molecule has 108 valence electrons. The number of nitrogens with zero attached hydrogens (tertiary/aromatic N) is 2. The number of Topliss-reactive ketones (excluding diaryl/α,β-unsaturated/α-hetero) is 1. The molecule has 0 radical (unpaired) electrons. The Morgan fingerprint density at radius 2 is 1.58 bits per heavy atom. The molecule has 1 aliphatic heterocycles. The second-order valence-corrected chi connectivity index (χ2v) is 6.68. The van der Waals surface area contributed by atoms with Gasteiger partial charge in [-0.3, -0.25) is 9.69 Å². The van der Waals surface area contributed by atoms with E-state index in [1.165, 1.54) is 58.3 Å². The first-order valence-electron chi connectivity index (χ1n) is 8.32. The number of piperazine rings is 1. The Labute approximate surface area is 117 Å². The van der Waals surface area contributed by atoms with Crippen LogP contribution in [0.2, 0.25) is 0 Å². The highest BCUT2D eigenvalue weighted by atomic mass is 16.1. The first-order valence-corrected chi connectivity index (χ1v) is 8.32. The number of carbonyl (C=O) groups excluding carboxylic acids is 1. The van der Waals surface area contributed by atoms with Crippen molar-refractivity contribution in [2.24, 2.45) is 5.92 Å². The molecule has 3 heteroatoms. The van der Waals surface area contributed by atoms with Gasteiger partial charge in [0, 0.05) is 51.1 Å². The molecule has 0 bridgehead atoms. The fraction of sp³-hybridized carbons (Fsp3) is 0.938. The van der Waals surface area contributed by atoms with Crippen LogP contribution >= 0.6 is 0 Å². The van der Waals surface area contributed by atoms with Crippen molar-refractivity contribution in [3.8, 4) is 0 Å². The second-order valence-electron chi connectivity index (χ2n) is 6.68. The number of hydrogen-bond donors (Lipinski definition) is 0. The molecule has 3 rings (SSSR count). The summed E-state index contributed by atoms with van der Waals surface area (Å²) in [6, 6.07) is 0.874. The number of carbonyl (C=O) groups is 1. The number of ketones is 1. The lowest BCUT2D eigenvalue weighted by molar-refractivity contribution is -0.125. The van der Waals surface area contributed by atoms with Gasteiger partial charge < -0.3 is 4.90 Å². The maximum Gasteiger partial charge on any atom is 0.137 e. The van der Waals surface area contributed by atoms with Crippen molar-refractivity contribution in [1.29, 1.82) is 0 Å². The summed E-state index contributed by atoms with van der Waals surface area (Å²) >= 11 is 0. The zero-order valence-electron chi connectivity index (χ0n) is 12.1. The van der Waals surface area contributed by atoms with Crippen molar-refractivity contribution < 1.29 is 4.79 Å². The lowest BCUT2D eigenvalue weighted by atomic mass is 9.87. The summed E-state index contributed by atoms with van der Waals surface area (Å²) in [4.78, 5) is 17.1. The topological polar surface area (TPSA) is 23.6 Å². The van der Waals surface area contributed by atoms with Crippen LogP contribution in [-0.4, -0.2) is 54.3 Å². The van der Waals surface area contributed by atoms with Crippen LogP contribution < -0.4 is 0 Å². The summed E-state index contributed by atoms with van der Waals surface area (Å²) in [6.45, 7) is 5.86. The van der Waals surface area contributed by atoms with E-state index < -0.39 is 0 Å². The van der Waals surface area contributed by atoms with Crippen molar-refractivity contribution in [3.63, 3.8) is 0 Å². The molecule has 2 saturated carbocycles. The van der Waals surface area contributed by atoms with Gasteiger partial charge in [0.15, 0.2) is 0 Å². The van der Waals surface area contributed by atoms with Crippen LogP contribution in [0.1, 0.15) is 51.4 Å². The predicted molar refractivity (Wildman–Crippen MR) is 77.2 cm³/mol. The van der Waals surface area contributed by atoms with Crippen LogP contribution in [-0.2, 0) is 4.79 Å². The van der Waals surface area contributed by atoms with E-state index in [-0.39, 0.29) is 0 Å². The van der Waals surface area contributed by atoms with Crippen LogP contribution in [0, 0.1) is 5.92 Å². The van der Waals surface area contributed by atoms with E-state index in [0.717, 1.165) is 31.8 Å². The van der Waals surface area contributed by atoms with Gasteiger partial charge in [0.25, 0.3) is 0 Å². The standard InChI is InChI=1S/C16H28N2O/c19-16-8-4-1-5-14(16)13-17-9-11-18(12-10-17)15-6-2-3-7-15/h14-15H,1-13H2. The summed E-state index contributed by atoms with van der Waals surface area (Å²) in [5.74, 6) is 0.885. The molecule has 1 atom stereocenters.